The van der Waals surface area contributed by atoms with E-state index in [0.29, 0.717) is 18.9 Å². The lowest BCUT2D eigenvalue weighted by atomic mass is 9.98. The van der Waals surface area contributed by atoms with E-state index in [-0.39, 0.29) is 12.4 Å². The highest BCUT2D eigenvalue weighted by Crippen LogP contribution is 2.24. The molecule has 0 saturated heterocycles. The van der Waals surface area contributed by atoms with Crippen LogP contribution in [0.4, 0.5) is 4.39 Å². The zero-order valence-corrected chi connectivity index (χ0v) is 12.2. The Hall–Kier alpha value is -1.68. The molecule has 0 aliphatic carbocycles. The number of aliphatic hydroxyl groups excluding tert-OH is 1. The molecule has 1 aromatic carbocycles. The van der Waals surface area contributed by atoms with Crippen LogP contribution in [0.5, 0.6) is 0 Å². The molecule has 0 atom stereocenters. The van der Waals surface area contributed by atoms with Crippen molar-refractivity contribution in [3.63, 3.8) is 0 Å². The number of aliphatic hydroxyl groups is 1. The number of nitrogens with zero attached hydrogens (tertiary/aromatic N) is 2. The molecule has 1 aromatic heterocycles. The first-order valence-corrected chi connectivity index (χ1v) is 6.94. The minimum absolute atomic E-state index is 0.0689. The van der Waals surface area contributed by atoms with Crippen LogP contribution in [0.15, 0.2) is 24.3 Å². The van der Waals surface area contributed by atoms with Crippen LogP contribution in [0.2, 0.25) is 0 Å². The highest BCUT2D eigenvalue weighted by atomic mass is 19.1. The molecule has 0 aliphatic heterocycles. The van der Waals surface area contributed by atoms with Crippen LogP contribution < -0.4 is 0 Å². The molecule has 1 heterocycles. The molecular formula is C16H21FN2O. The summed E-state index contributed by atoms with van der Waals surface area (Å²) in [5.41, 5.74) is 4.16. The van der Waals surface area contributed by atoms with E-state index in [1.807, 2.05) is 17.7 Å². The van der Waals surface area contributed by atoms with Gasteiger partial charge in [0.05, 0.1) is 18.8 Å². The van der Waals surface area contributed by atoms with E-state index in [1.165, 1.54) is 6.07 Å². The second-order valence-electron chi connectivity index (χ2n) is 5.36. The van der Waals surface area contributed by atoms with Gasteiger partial charge in [0, 0.05) is 17.7 Å². The van der Waals surface area contributed by atoms with Crippen LogP contribution in [-0.4, -0.2) is 21.5 Å². The van der Waals surface area contributed by atoms with Crippen molar-refractivity contribution in [3.05, 3.63) is 52.6 Å². The Morgan fingerprint density at radius 2 is 2.10 bits per heavy atom. The Balaban J connectivity index is 2.39. The van der Waals surface area contributed by atoms with Crippen molar-refractivity contribution < 1.29 is 9.50 Å². The van der Waals surface area contributed by atoms with E-state index in [1.54, 1.807) is 12.1 Å². The first kappa shape index (κ1) is 14.7. The summed E-state index contributed by atoms with van der Waals surface area (Å²) in [5, 5.41) is 13.7. The van der Waals surface area contributed by atoms with Gasteiger partial charge in [0.1, 0.15) is 5.82 Å². The van der Waals surface area contributed by atoms with E-state index in [0.717, 1.165) is 22.5 Å². The van der Waals surface area contributed by atoms with Gasteiger partial charge in [0.2, 0.25) is 0 Å². The van der Waals surface area contributed by atoms with Gasteiger partial charge in [-0.3, -0.25) is 4.68 Å². The fourth-order valence-electron chi connectivity index (χ4n) is 2.45. The van der Waals surface area contributed by atoms with Crippen molar-refractivity contribution in [2.75, 3.05) is 6.61 Å². The minimum atomic E-state index is -0.214. The molecule has 3 nitrogen and oxygen atoms in total. The molecule has 0 radical (unpaired) electrons. The van der Waals surface area contributed by atoms with Gasteiger partial charge in [0.15, 0.2) is 0 Å². The summed E-state index contributed by atoms with van der Waals surface area (Å²) < 4.78 is 15.1. The summed E-state index contributed by atoms with van der Waals surface area (Å²) in [5.74, 6) is 0.0891. The van der Waals surface area contributed by atoms with Gasteiger partial charge in [-0.25, -0.2) is 4.39 Å². The van der Waals surface area contributed by atoms with Crippen LogP contribution in [0, 0.1) is 12.7 Å². The van der Waals surface area contributed by atoms with Crippen molar-refractivity contribution in [2.45, 2.75) is 39.7 Å². The van der Waals surface area contributed by atoms with Crippen LogP contribution in [0.1, 0.15) is 42.3 Å². The van der Waals surface area contributed by atoms with E-state index < -0.39 is 0 Å². The van der Waals surface area contributed by atoms with Gasteiger partial charge in [-0.15, -0.1) is 0 Å². The van der Waals surface area contributed by atoms with Crippen LogP contribution in [0.3, 0.4) is 0 Å². The summed E-state index contributed by atoms with van der Waals surface area (Å²) in [6, 6.07) is 6.67. The lowest BCUT2D eigenvalue weighted by Gasteiger charge is -2.07. The predicted octanol–water partition coefficient (Wildman–Crippen LogP) is 3.04. The van der Waals surface area contributed by atoms with Crippen LogP contribution in [-0.2, 0) is 13.0 Å². The molecule has 20 heavy (non-hydrogen) atoms. The molecule has 0 saturated carbocycles. The van der Waals surface area contributed by atoms with Gasteiger partial charge in [-0.2, -0.15) is 5.10 Å². The van der Waals surface area contributed by atoms with Crippen molar-refractivity contribution in [3.8, 4) is 0 Å². The number of rotatable bonds is 5. The smallest absolute Gasteiger partial charge is 0.123 e. The lowest BCUT2D eigenvalue weighted by molar-refractivity contribution is 0.267. The van der Waals surface area contributed by atoms with E-state index in [2.05, 4.69) is 18.9 Å². The number of hydrogen-bond acceptors (Lipinski definition) is 2. The SMILES string of the molecule is Cc1c(Cc2cccc(F)c2)c(C(C)C)nn1CCO. The van der Waals surface area contributed by atoms with Crippen LogP contribution in [0.25, 0.3) is 0 Å². The normalized spacial score (nSPS) is 11.3. The third-order valence-electron chi connectivity index (χ3n) is 3.49. The zero-order chi connectivity index (χ0) is 14.7. The summed E-state index contributed by atoms with van der Waals surface area (Å²) >= 11 is 0. The average Bonchev–Trinajstić information content (AvgIpc) is 2.69. The molecule has 0 fully saturated rings. The molecule has 0 amide bonds. The van der Waals surface area contributed by atoms with Crippen LogP contribution >= 0.6 is 0 Å². The topological polar surface area (TPSA) is 38.0 Å². The second-order valence-corrected chi connectivity index (χ2v) is 5.36. The fourth-order valence-corrected chi connectivity index (χ4v) is 2.45. The second kappa shape index (κ2) is 6.18. The van der Waals surface area contributed by atoms with Gasteiger partial charge >= 0.3 is 0 Å². The van der Waals surface area contributed by atoms with Crippen molar-refractivity contribution >= 4 is 0 Å². The molecule has 2 aromatic rings. The third-order valence-corrected chi connectivity index (χ3v) is 3.49. The molecule has 4 heteroatoms. The first-order chi connectivity index (χ1) is 9.52. The minimum Gasteiger partial charge on any atom is -0.394 e. The maximum absolute atomic E-state index is 13.3. The molecule has 0 spiro atoms. The summed E-state index contributed by atoms with van der Waals surface area (Å²) in [4.78, 5) is 0. The van der Waals surface area contributed by atoms with E-state index >= 15 is 0 Å². The van der Waals surface area contributed by atoms with Crippen molar-refractivity contribution in [1.82, 2.24) is 9.78 Å². The molecule has 1 N–H and O–H groups in total. The largest absolute Gasteiger partial charge is 0.394 e. The van der Waals surface area contributed by atoms with Gasteiger partial charge in [0.25, 0.3) is 0 Å². The third kappa shape index (κ3) is 3.07. The van der Waals surface area contributed by atoms with Gasteiger partial charge in [-0.1, -0.05) is 26.0 Å². The Morgan fingerprint density at radius 3 is 2.70 bits per heavy atom. The predicted molar refractivity (Wildman–Crippen MR) is 77.3 cm³/mol. The molecular weight excluding hydrogens is 255 g/mol. The van der Waals surface area contributed by atoms with Crippen molar-refractivity contribution in [1.29, 1.82) is 0 Å². The Bertz CT molecular complexity index is 590. The highest BCUT2D eigenvalue weighted by Gasteiger charge is 2.17. The Labute approximate surface area is 119 Å². The Morgan fingerprint density at radius 1 is 1.35 bits per heavy atom. The molecule has 2 rings (SSSR count). The molecule has 108 valence electrons. The number of benzene rings is 1. The highest BCUT2D eigenvalue weighted by molar-refractivity contribution is 5.34. The summed E-state index contributed by atoms with van der Waals surface area (Å²) in [6.45, 7) is 6.76. The fraction of sp³-hybridized carbons (Fsp3) is 0.438. The summed E-state index contributed by atoms with van der Waals surface area (Å²) in [6.07, 6.45) is 0.669. The molecule has 0 aliphatic rings. The van der Waals surface area contributed by atoms with Gasteiger partial charge in [-0.05, 0) is 30.5 Å². The van der Waals surface area contributed by atoms with E-state index in [4.69, 9.17) is 5.11 Å². The maximum atomic E-state index is 13.3. The lowest BCUT2D eigenvalue weighted by Crippen LogP contribution is -2.06. The maximum Gasteiger partial charge on any atom is 0.123 e. The first-order valence-electron chi connectivity index (χ1n) is 6.94. The Kier molecular flexibility index (Phi) is 4.55. The number of halogens is 1. The number of hydrogen-bond donors (Lipinski definition) is 1. The summed E-state index contributed by atoms with van der Waals surface area (Å²) in [7, 11) is 0. The molecule has 0 unspecified atom stereocenters. The average molecular weight is 276 g/mol. The monoisotopic (exact) mass is 276 g/mol. The number of aromatic nitrogens is 2. The zero-order valence-electron chi connectivity index (χ0n) is 12.2. The molecule has 0 bridgehead atoms. The van der Waals surface area contributed by atoms with E-state index in [9.17, 15) is 4.39 Å². The van der Waals surface area contributed by atoms with Gasteiger partial charge < -0.3 is 5.11 Å². The standard InChI is InChI=1S/C16H21FN2O/c1-11(2)16-15(12(3)19(18-16)7-8-20)10-13-5-4-6-14(17)9-13/h4-6,9,11,20H,7-8,10H2,1-3H3. The van der Waals surface area contributed by atoms with Crippen molar-refractivity contribution in [2.24, 2.45) is 0 Å². The quantitative estimate of drug-likeness (QED) is 0.911.